The molecule has 2 nitrogen and oxygen atoms in total. The van der Waals surface area contributed by atoms with Crippen LogP contribution in [0, 0.1) is 17.1 Å². The zero-order valence-electron chi connectivity index (χ0n) is 9.08. The van der Waals surface area contributed by atoms with Crippen LogP contribution in [0.15, 0.2) is 30.9 Å². The Morgan fingerprint density at radius 1 is 1.50 bits per heavy atom. The molecule has 0 saturated heterocycles. The van der Waals surface area contributed by atoms with Gasteiger partial charge in [-0.3, -0.25) is 0 Å². The van der Waals surface area contributed by atoms with Gasteiger partial charge in [0, 0.05) is 6.61 Å². The molecule has 1 aromatic carbocycles. The molecule has 0 unspecified atom stereocenters. The standard InChI is InChI=1S/C13H14FNO/c1-2-3-4-7-16-10-12-8-13(14)6-5-11(12)9-15/h2,5-6,8H,1,3-4,7,10H2. The summed E-state index contributed by atoms with van der Waals surface area (Å²) in [6.45, 7) is 4.47. The number of ether oxygens (including phenoxy) is 1. The summed E-state index contributed by atoms with van der Waals surface area (Å²) in [6.07, 6.45) is 3.61. The molecule has 0 N–H and O–H groups in total. The molecule has 84 valence electrons. The molecule has 0 atom stereocenters. The van der Waals surface area contributed by atoms with Crippen LogP contribution >= 0.6 is 0 Å². The minimum Gasteiger partial charge on any atom is -0.377 e. The summed E-state index contributed by atoms with van der Waals surface area (Å²) >= 11 is 0. The van der Waals surface area contributed by atoms with Crippen LogP contribution in [-0.2, 0) is 11.3 Å². The van der Waals surface area contributed by atoms with E-state index in [4.69, 9.17) is 10.00 Å². The SMILES string of the molecule is C=CCCCOCc1cc(F)ccc1C#N. The van der Waals surface area contributed by atoms with Crippen molar-refractivity contribution >= 4 is 0 Å². The van der Waals surface area contributed by atoms with Gasteiger partial charge in [-0.25, -0.2) is 4.39 Å². The van der Waals surface area contributed by atoms with Gasteiger partial charge in [0.1, 0.15) is 5.82 Å². The van der Waals surface area contributed by atoms with Gasteiger partial charge in [-0.1, -0.05) is 6.08 Å². The summed E-state index contributed by atoms with van der Waals surface area (Å²) in [5, 5.41) is 8.81. The molecule has 0 aliphatic heterocycles. The zero-order chi connectivity index (χ0) is 11.8. The van der Waals surface area contributed by atoms with Crippen LogP contribution in [0.3, 0.4) is 0 Å². The first kappa shape index (κ1) is 12.4. The molecule has 0 radical (unpaired) electrons. The normalized spacial score (nSPS) is 9.75. The molecule has 0 saturated carbocycles. The fourth-order valence-electron chi connectivity index (χ4n) is 1.30. The Hall–Kier alpha value is -1.66. The molecule has 1 aromatic rings. The summed E-state index contributed by atoms with van der Waals surface area (Å²) in [5.74, 6) is -0.344. The van der Waals surface area contributed by atoms with E-state index in [2.05, 4.69) is 6.58 Å². The number of benzene rings is 1. The van der Waals surface area contributed by atoms with Gasteiger partial charge < -0.3 is 4.74 Å². The number of nitriles is 1. The summed E-state index contributed by atoms with van der Waals surface area (Å²) in [7, 11) is 0. The molecule has 0 aliphatic carbocycles. The Morgan fingerprint density at radius 3 is 3.00 bits per heavy atom. The van der Waals surface area contributed by atoms with Crippen molar-refractivity contribution in [2.45, 2.75) is 19.4 Å². The number of rotatable bonds is 6. The van der Waals surface area contributed by atoms with Crippen LogP contribution in [0.2, 0.25) is 0 Å². The van der Waals surface area contributed by atoms with Gasteiger partial charge in [0.25, 0.3) is 0 Å². The lowest BCUT2D eigenvalue weighted by Gasteiger charge is -2.05. The van der Waals surface area contributed by atoms with E-state index >= 15 is 0 Å². The number of allylic oxidation sites excluding steroid dienone is 1. The smallest absolute Gasteiger partial charge is 0.123 e. The predicted molar refractivity (Wildman–Crippen MR) is 60.2 cm³/mol. The lowest BCUT2D eigenvalue weighted by molar-refractivity contribution is 0.119. The Balaban J connectivity index is 2.49. The van der Waals surface area contributed by atoms with Crippen molar-refractivity contribution in [2.75, 3.05) is 6.61 Å². The Labute approximate surface area is 95.0 Å². The number of hydrogen-bond acceptors (Lipinski definition) is 2. The number of halogens is 1. The summed E-state index contributed by atoms with van der Waals surface area (Å²) in [6, 6.07) is 6.10. The fraction of sp³-hybridized carbons (Fsp3) is 0.308. The fourth-order valence-corrected chi connectivity index (χ4v) is 1.30. The second-order valence-electron chi connectivity index (χ2n) is 3.40. The quantitative estimate of drug-likeness (QED) is 0.543. The minimum atomic E-state index is -0.344. The van der Waals surface area contributed by atoms with Gasteiger partial charge >= 0.3 is 0 Å². The van der Waals surface area contributed by atoms with E-state index in [-0.39, 0.29) is 12.4 Å². The summed E-state index contributed by atoms with van der Waals surface area (Å²) in [4.78, 5) is 0. The third kappa shape index (κ3) is 3.84. The third-order valence-corrected chi connectivity index (χ3v) is 2.14. The lowest BCUT2D eigenvalue weighted by atomic mass is 10.1. The molecule has 16 heavy (non-hydrogen) atoms. The van der Waals surface area contributed by atoms with Crippen LogP contribution in [0.4, 0.5) is 4.39 Å². The molecule has 0 amide bonds. The monoisotopic (exact) mass is 219 g/mol. The topological polar surface area (TPSA) is 33.0 Å². The van der Waals surface area contributed by atoms with Crippen LogP contribution in [0.25, 0.3) is 0 Å². The van der Waals surface area contributed by atoms with E-state index in [9.17, 15) is 4.39 Å². The molecule has 0 fully saturated rings. The first-order valence-corrected chi connectivity index (χ1v) is 5.15. The van der Waals surface area contributed by atoms with Gasteiger partial charge in [0.05, 0.1) is 18.2 Å². The van der Waals surface area contributed by atoms with E-state index in [0.29, 0.717) is 17.7 Å². The van der Waals surface area contributed by atoms with Crippen molar-refractivity contribution in [3.8, 4) is 6.07 Å². The highest BCUT2D eigenvalue weighted by Crippen LogP contribution is 2.11. The average molecular weight is 219 g/mol. The second kappa shape index (κ2) is 6.76. The molecule has 1 rings (SSSR count). The zero-order valence-corrected chi connectivity index (χ0v) is 9.08. The number of hydrogen-bond donors (Lipinski definition) is 0. The molecule has 0 aromatic heterocycles. The van der Waals surface area contributed by atoms with E-state index in [1.165, 1.54) is 18.2 Å². The first-order chi connectivity index (χ1) is 7.77. The Kier molecular flexibility index (Phi) is 5.24. The maximum absolute atomic E-state index is 12.9. The molecule has 0 spiro atoms. The third-order valence-electron chi connectivity index (χ3n) is 2.14. The number of nitrogens with zero attached hydrogens (tertiary/aromatic N) is 1. The number of unbranched alkanes of at least 4 members (excludes halogenated alkanes) is 1. The molecular weight excluding hydrogens is 205 g/mol. The maximum atomic E-state index is 12.9. The largest absolute Gasteiger partial charge is 0.377 e. The average Bonchev–Trinajstić information content (AvgIpc) is 2.29. The van der Waals surface area contributed by atoms with Crippen LogP contribution < -0.4 is 0 Å². The van der Waals surface area contributed by atoms with E-state index in [1.54, 1.807) is 0 Å². The van der Waals surface area contributed by atoms with Crippen LogP contribution in [-0.4, -0.2) is 6.61 Å². The van der Waals surface area contributed by atoms with Crippen LogP contribution in [0.5, 0.6) is 0 Å². The van der Waals surface area contributed by atoms with Crippen molar-refractivity contribution in [3.05, 3.63) is 47.8 Å². The van der Waals surface area contributed by atoms with Crippen molar-refractivity contribution in [1.82, 2.24) is 0 Å². The van der Waals surface area contributed by atoms with Crippen molar-refractivity contribution in [3.63, 3.8) is 0 Å². The lowest BCUT2D eigenvalue weighted by Crippen LogP contribution is -1.98. The highest BCUT2D eigenvalue weighted by atomic mass is 19.1. The molecule has 0 aliphatic rings. The minimum absolute atomic E-state index is 0.276. The molecular formula is C13H14FNO. The van der Waals surface area contributed by atoms with E-state index < -0.39 is 0 Å². The Bertz CT molecular complexity index is 395. The summed E-state index contributed by atoms with van der Waals surface area (Å²) < 4.78 is 18.3. The second-order valence-corrected chi connectivity index (χ2v) is 3.40. The van der Waals surface area contributed by atoms with E-state index in [0.717, 1.165) is 12.8 Å². The first-order valence-electron chi connectivity index (χ1n) is 5.15. The van der Waals surface area contributed by atoms with Crippen molar-refractivity contribution < 1.29 is 9.13 Å². The van der Waals surface area contributed by atoms with Gasteiger partial charge in [-0.05, 0) is 36.6 Å². The van der Waals surface area contributed by atoms with Crippen molar-refractivity contribution in [2.24, 2.45) is 0 Å². The maximum Gasteiger partial charge on any atom is 0.123 e. The highest BCUT2D eigenvalue weighted by Gasteiger charge is 2.03. The van der Waals surface area contributed by atoms with E-state index in [1.807, 2.05) is 12.1 Å². The predicted octanol–water partition coefficient (Wildman–Crippen LogP) is 3.18. The van der Waals surface area contributed by atoms with Gasteiger partial charge in [-0.2, -0.15) is 5.26 Å². The molecule has 0 bridgehead atoms. The van der Waals surface area contributed by atoms with Gasteiger partial charge in [0.15, 0.2) is 0 Å². The summed E-state index contributed by atoms with van der Waals surface area (Å²) in [5.41, 5.74) is 1.06. The highest BCUT2D eigenvalue weighted by molar-refractivity contribution is 5.37. The van der Waals surface area contributed by atoms with Gasteiger partial charge in [-0.15, -0.1) is 6.58 Å². The van der Waals surface area contributed by atoms with Gasteiger partial charge in [0.2, 0.25) is 0 Å². The molecule has 0 heterocycles. The Morgan fingerprint density at radius 2 is 2.31 bits per heavy atom. The van der Waals surface area contributed by atoms with Crippen LogP contribution in [0.1, 0.15) is 24.0 Å². The molecule has 3 heteroatoms. The van der Waals surface area contributed by atoms with Crippen molar-refractivity contribution in [1.29, 1.82) is 5.26 Å².